The highest BCUT2D eigenvalue weighted by Crippen LogP contribution is 2.26. The molecule has 2 N–H and O–H groups in total. The predicted octanol–water partition coefficient (Wildman–Crippen LogP) is 2.74. The van der Waals surface area contributed by atoms with Crippen LogP contribution in [0.4, 0.5) is 5.95 Å². The van der Waals surface area contributed by atoms with Crippen LogP contribution in [0.5, 0.6) is 0 Å². The number of rotatable bonds is 3. The van der Waals surface area contributed by atoms with Gasteiger partial charge in [-0.2, -0.15) is 11.3 Å². The van der Waals surface area contributed by atoms with E-state index in [9.17, 15) is 0 Å². The first-order valence-corrected chi connectivity index (χ1v) is 8.53. The lowest BCUT2D eigenvalue weighted by Gasteiger charge is -2.28. The van der Waals surface area contributed by atoms with Crippen molar-refractivity contribution in [2.75, 3.05) is 12.3 Å². The maximum atomic E-state index is 5.67. The molecule has 23 heavy (non-hydrogen) atoms. The zero-order chi connectivity index (χ0) is 15.6. The summed E-state index contributed by atoms with van der Waals surface area (Å²) in [4.78, 5) is 15.5. The number of thiophene rings is 1. The van der Waals surface area contributed by atoms with Crippen LogP contribution in [0.15, 0.2) is 41.4 Å². The minimum Gasteiger partial charge on any atom is -0.368 e. The Bertz CT molecular complexity index is 816. The Hall–Kier alpha value is -2.31. The normalized spacial score (nSPS) is 14.6. The van der Waals surface area contributed by atoms with E-state index < -0.39 is 0 Å². The molecule has 0 amide bonds. The molecule has 3 aromatic rings. The van der Waals surface area contributed by atoms with E-state index in [1.54, 1.807) is 11.3 Å². The van der Waals surface area contributed by atoms with Gasteiger partial charge >= 0.3 is 0 Å². The Kier molecular flexibility index (Phi) is 3.77. The number of hydrogen-bond acceptors (Lipinski definition) is 6. The highest BCUT2D eigenvalue weighted by Gasteiger charge is 2.19. The highest BCUT2D eigenvalue weighted by molar-refractivity contribution is 7.08. The molecule has 4 heterocycles. The second kappa shape index (κ2) is 6.06. The van der Waals surface area contributed by atoms with Gasteiger partial charge in [-0.05, 0) is 23.1 Å². The summed E-state index contributed by atoms with van der Waals surface area (Å²) < 4.78 is 0. The van der Waals surface area contributed by atoms with Gasteiger partial charge in [0.05, 0.1) is 11.4 Å². The second-order valence-electron chi connectivity index (χ2n) is 5.68. The van der Waals surface area contributed by atoms with Crippen molar-refractivity contribution in [2.45, 2.75) is 19.5 Å². The minimum atomic E-state index is 0.365. The molecule has 0 bridgehead atoms. The Labute approximate surface area is 138 Å². The van der Waals surface area contributed by atoms with Gasteiger partial charge in [0.1, 0.15) is 0 Å². The Morgan fingerprint density at radius 2 is 2.22 bits per heavy atom. The lowest BCUT2D eigenvalue weighted by atomic mass is 10.0. The summed E-state index contributed by atoms with van der Waals surface area (Å²) in [5.41, 5.74) is 11.5. The molecule has 1 aliphatic rings. The fourth-order valence-corrected chi connectivity index (χ4v) is 3.63. The van der Waals surface area contributed by atoms with Gasteiger partial charge < -0.3 is 5.73 Å². The summed E-state index contributed by atoms with van der Waals surface area (Å²) >= 11 is 1.70. The molecule has 6 heteroatoms. The van der Waals surface area contributed by atoms with Gasteiger partial charge in [0, 0.05) is 55.0 Å². The number of anilines is 1. The molecular formula is C17H17N5S. The third-order valence-electron chi connectivity index (χ3n) is 4.11. The molecule has 0 saturated carbocycles. The molecule has 0 saturated heterocycles. The number of fused-ring (bicyclic) bond motifs is 1. The zero-order valence-electron chi connectivity index (χ0n) is 12.6. The predicted molar refractivity (Wildman–Crippen MR) is 91.8 cm³/mol. The Morgan fingerprint density at radius 1 is 1.26 bits per heavy atom. The van der Waals surface area contributed by atoms with E-state index in [4.69, 9.17) is 5.73 Å². The number of hydrogen-bond donors (Lipinski definition) is 1. The van der Waals surface area contributed by atoms with Crippen LogP contribution in [0.25, 0.3) is 11.3 Å². The second-order valence-corrected chi connectivity index (χ2v) is 6.46. The summed E-state index contributed by atoms with van der Waals surface area (Å²) in [6, 6.07) is 6.29. The van der Waals surface area contributed by atoms with Crippen LogP contribution in [0, 0.1) is 0 Å². The van der Waals surface area contributed by atoms with Crippen molar-refractivity contribution in [2.24, 2.45) is 0 Å². The zero-order valence-corrected chi connectivity index (χ0v) is 13.5. The smallest absolute Gasteiger partial charge is 0.220 e. The molecule has 3 aromatic heterocycles. The molecule has 0 aliphatic carbocycles. The standard InChI is InChI=1S/C17H17N5S/c18-17-20-8-14-10-22(6-3-15(14)21-17)9-12-2-1-5-19-16(12)13-4-7-23-11-13/h1-2,4-5,7-8,11H,3,6,9-10H2,(H2,18,20,21). The lowest BCUT2D eigenvalue weighted by Crippen LogP contribution is -2.31. The number of aromatic nitrogens is 3. The first kappa shape index (κ1) is 14.3. The van der Waals surface area contributed by atoms with Crippen LogP contribution < -0.4 is 5.73 Å². The van der Waals surface area contributed by atoms with E-state index in [1.165, 1.54) is 16.7 Å². The molecule has 5 nitrogen and oxygen atoms in total. The Balaban J connectivity index is 1.57. The minimum absolute atomic E-state index is 0.365. The van der Waals surface area contributed by atoms with Crippen LogP contribution in [-0.2, 0) is 19.5 Å². The highest BCUT2D eigenvalue weighted by atomic mass is 32.1. The quantitative estimate of drug-likeness (QED) is 0.803. The van der Waals surface area contributed by atoms with Crippen molar-refractivity contribution in [3.8, 4) is 11.3 Å². The van der Waals surface area contributed by atoms with Crippen LogP contribution in [0.1, 0.15) is 16.8 Å². The summed E-state index contributed by atoms with van der Waals surface area (Å²) in [7, 11) is 0. The van der Waals surface area contributed by atoms with Gasteiger partial charge in [0.2, 0.25) is 5.95 Å². The van der Waals surface area contributed by atoms with Gasteiger partial charge in [0.15, 0.2) is 0 Å². The van der Waals surface area contributed by atoms with Crippen molar-refractivity contribution in [3.63, 3.8) is 0 Å². The number of pyridine rings is 1. The number of nitrogens with zero attached hydrogens (tertiary/aromatic N) is 4. The molecule has 0 unspecified atom stereocenters. The first-order valence-electron chi connectivity index (χ1n) is 7.58. The molecule has 0 spiro atoms. The van der Waals surface area contributed by atoms with Gasteiger partial charge in [-0.15, -0.1) is 0 Å². The van der Waals surface area contributed by atoms with E-state index in [2.05, 4.69) is 42.7 Å². The van der Waals surface area contributed by atoms with Crippen molar-refractivity contribution in [1.29, 1.82) is 0 Å². The van der Waals surface area contributed by atoms with Crippen molar-refractivity contribution >= 4 is 17.3 Å². The average Bonchev–Trinajstić information content (AvgIpc) is 3.10. The molecule has 4 rings (SSSR count). The SMILES string of the molecule is Nc1ncc2c(n1)CCN(Cc1cccnc1-c1ccsc1)C2. The fourth-order valence-electron chi connectivity index (χ4n) is 2.99. The third kappa shape index (κ3) is 2.95. The van der Waals surface area contributed by atoms with Gasteiger partial charge in [-0.1, -0.05) is 6.07 Å². The van der Waals surface area contributed by atoms with E-state index in [1.807, 2.05) is 18.5 Å². The average molecular weight is 323 g/mol. The first-order chi connectivity index (χ1) is 11.3. The molecule has 116 valence electrons. The summed E-state index contributed by atoms with van der Waals surface area (Å²) in [5.74, 6) is 0.365. The van der Waals surface area contributed by atoms with Gasteiger partial charge in [-0.3, -0.25) is 9.88 Å². The van der Waals surface area contributed by atoms with Crippen LogP contribution >= 0.6 is 11.3 Å². The maximum Gasteiger partial charge on any atom is 0.220 e. The van der Waals surface area contributed by atoms with Crippen molar-refractivity contribution < 1.29 is 0 Å². The lowest BCUT2D eigenvalue weighted by molar-refractivity contribution is 0.243. The van der Waals surface area contributed by atoms with Crippen LogP contribution in [0.2, 0.25) is 0 Å². The summed E-state index contributed by atoms with van der Waals surface area (Å²) in [6.07, 6.45) is 4.63. The van der Waals surface area contributed by atoms with Gasteiger partial charge in [-0.25, -0.2) is 9.97 Å². The Morgan fingerprint density at radius 3 is 3.09 bits per heavy atom. The number of nitrogen functional groups attached to an aromatic ring is 1. The number of nitrogens with two attached hydrogens (primary N) is 1. The summed E-state index contributed by atoms with van der Waals surface area (Å²) in [6.45, 7) is 2.71. The fraction of sp³-hybridized carbons (Fsp3) is 0.235. The summed E-state index contributed by atoms with van der Waals surface area (Å²) in [5, 5.41) is 4.24. The van der Waals surface area contributed by atoms with Crippen LogP contribution in [-0.4, -0.2) is 26.4 Å². The van der Waals surface area contributed by atoms with Crippen molar-refractivity contribution in [3.05, 3.63) is 58.2 Å². The van der Waals surface area contributed by atoms with E-state index in [0.717, 1.165) is 37.4 Å². The molecule has 0 fully saturated rings. The van der Waals surface area contributed by atoms with Crippen molar-refractivity contribution in [1.82, 2.24) is 19.9 Å². The molecular weight excluding hydrogens is 306 g/mol. The largest absolute Gasteiger partial charge is 0.368 e. The molecule has 1 aliphatic heterocycles. The van der Waals surface area contributed by atoms with E-state index in [0.29, 0.717) is 5.95 Å². The topological polar surface area (TPSA) is 67.9 Å². The molecule has 0 atom stereocenters. The van der Waals surface area contributed by atoms with E-state index in [-0.39, 0.29) is 0 Å². The van der Waals surface area contributed by atoms with Crippen LogP contribution in [0.3, 0.4) is 0 Å². The maximum absolute atomic E-state index is 5.67. The van der Waals surface area contributed by atoms with E-state index >= 15 is 0 Å². The monoisotopic (exact) mass is 323 g/mol. The molecule has 0 radical (unpaired) electrons. The third-order valence-corrected chi connectivity index (χ3v) is 4.79. The van der Waals surface area contributed by atoms with Gasteiger partial charge in [0.25, 0.3) is 0 Å². The molecule has 0 aromatic carbocycles.